The zero-order valence-electron chi connectivity index (χ0n) is 19.0. The molecule has 2 aromatic heterocycles. The molecule has 3 aliphatic rings. The van der Waals surface area contributed by atoms with Crippen LogP contribution in [0.1, 0.15) is 36.9 Å². The molecule has 34 heavy (non-hydrogen) atoms. The van der Waals surface area contributed by atoms with Crippen LogP contribution < -0.4 is 10.6 Å². The Bertz CT molecular complexity index is 1160. The number of hydrogen-bond donors (Lipinski definition) is 2. The number of halogens is 1. The lowest BCUT2D eigenvalue weighted by molar-refractivity contribution is -0.122. The summed E-state index contributed by atoms with van der Waals surface area (Å²) in [6.07, 6.45) is 7.55. The van der Waals surface area contributed by atoms with Crippen LogP contribution in [0, 0.1) is 5.92 Å². The average Bonchev–Trinajstić information content (AvgIpc) is 2.83. The summed E-state index contributed by atoms with van der Waals surface area (Å²) in [4.78, 5) is 32.6. The van der Waals surface area contributed by atoms with Crippen molar-refractivity contribution in [3.8, 4) is 11.4 Å². The fourth-order valence-corrected chi connectivity index (χ4v) is 4.89. The quantitative estimate of drug-likeness (QED) is 0.505. The van der Waals surface area contributed by atoms with E-state index in [1.807, 2.05) is 24.3 Å². The van der Waals surface area contributed by atoms with Crippen molar-refractivity contribution >= 4 is 29.1 Å². The molecule has 1 aromatic carbocycles. The van der Waals surface area contributed by atoms with Gasteiger partial charge in [0.25, 0.3) is 0 Å². The second-order valence-corrected chi connectivity index (χ2v) is 9.46. The third-order valence-electron chi connectivity index (χ3n) is 6.38. The maximum absolute atomic E-state index is 12.4. The van der Waals surface area contributed by atoms with Crippen molar-refractivity contribution in [3.05, 3.63) is 59.1 Å². The Hall–Kier alpha value is -3.10. The summed E-state index contributed by atoms with van der Waals surface area (Å²) in [5.74, 6) is 1.63. The van der Waals surface area contributed by atoms with Crippen molar-refractivity contribution in [1.29, 1.82) is 0 Å². The maximum atomic E-state index is 12.4. The molecule has 3 aliphatic heterocycles. The number of nitrogens with zero attached hydrogens (tertiary/aromatic N) is 5. The summed E-state index contributed by atoms with van der Waals surface area (Å²) >= 11 is 6.43. The lowest BCUT2D eigenvalue weighted by Crippen LogP contribution is -2.35. The molecule has 176 valence electrons. The van der Waals surface area contributed by atoms with Crippen LogP contribution >= 0.6 is 11.6 Å². The van der Waals surface area contributed by atoms with E-state index in [0.717, 1.165) is 67.8 Å². The number of anilines is 2. The van der Waals surface area contributed by atoms with Crippen LogP contribution in [0.25, 0.3) is 11.4 Å². The Labute approximate surface area is 204 Å². The number of rotatable bonds is 0. The first-order valence-corrected chi connectivity index (χ1v) is 12.2. The predicted molar refractivity (Wildman–Crippen MR) is 132 cm³/mol. The minimum Gasteiger partial charge on any atom is -0.356 e. The summed E-state index contributed by atoms with van der Waals surface area (Å²) in [6, 6.07) is 9.84. The zero-order chi connectivity index (χ0) is 23.3. The highest BCUT2D eigenvalue weighted by molar-refractivity contribution is 6.30. The Balaban J connectivity index is 1.43. The van der Waals surface area contributed by atoms with E-state index >= 15 is 0 Å². The van der Waals surface area contributed by atoms with Gasteiger partial charge in [-0.1, -0.05) is 11.6 Å². The van der Waals surface area contributed by atoms with Gasteiger partial charge < -0.3 is 10.6 Å². The fraction of sp³-hybridized carbons (Fsp3) is 0.400. The lowest BCUT2D eigenvalue weighted by Gasteiger charge is -2.31. The van der Waals surface area contributed by atoms with E-state index in [4.69, 9.17) is 11.6 Å². The highest BCUT2D eigenvalue weighted by atomic mass is 35.5. The van der Waals surface area contributed by atoms with Gasteiger partial charge in [-0.05, 0) is 80.6 Å². The van der Waals surface area contributed by atoms with E-state index < -0.39 is 0 Å². The fourth-order valence-electron chi connectivity index (χ4n) is 4.63. The Morgan fingerprint density at radius 1 is 1.06 bits per heavy atom. The first-order chi connectivity index (χ1) is 16.6. The van der Waals surface area contributed by atoms with Crippen LogP contribution in [-0.4, -0.2) is 50.4 Å². The first-order valence-electron chi connectivity index (χ1n) is 11.8. The SMILES string of the molecule is O=C1CC2CCN(CC2)Cc2cc(Cl)cc(c2)Nc2ncnc(n2)-c2ccnc(c2)CCCN1. The number of nitrogens with one attached hydrogen (secondary N) is 2. The van der Waals surface area contributed by atoms with Gasteiger partial charge in [0.1, 0.15) is 6.33 Å². The zero-order valence-corrected chi connectivity index (χ0v) is 19.8. The highest BCUT2D eigenvalue weighted by Gasteiger charge is 2.22. The molecule has 1 fully saturated rings. The number of piperidine rings is 1. The second kappa shape index (κ2) is 10.4. The van der Waals surface area contributed by atoms with Crippen molar-refractivity contribution in [2.24, 2.45) is 5.92 Å². The molecule has 0 radical (unpaired) electrons. The van der Waals surface area contributed by atoms with Gasteiger partial charge in [-0.25, -0.2) is 9.97 Å². The summed E-state index contributed by atoms with van der Waals surface area (Å²) < 4.78 is 0. The Morgan fingerprint density at radius 3 is 2.82 bits per heavy atom. The van der Waals surface area contributed by atoms with Crippen molar-refractivity contribution in [2.45, 2.75) is 38.6 Å². The third-order valence-corrected chi connectivity index (χ3v) is 6.60. The Morgan fingerprint density at radius 2 is 1.94 bits per heavy atom. The van der Waals surface area contributed by atoms with Gasteiger partial charge in [0.15, 0.2) is 5.82 Å². The van der Waals surface area contributed by atoms with Gasteiger partial charge in [-0.3, -0.25) is 14.7 Å². The van der Waals surface area contributed by atoms with Crippen LogP contribution in [0.2, 0.25) is 5.02 Å². The average molecular weight is 478 g/mol. The minimum atomic E-state index is 0.148. The van der Waals surface area contributed by atoms with E-state index in [1.165, 1.54) is 6.33 Å². The molecule has 6 rings (SSSR count). The van der Waals surface area contributed by atoms with Crippen molar-refractivity contribution in [1.82, 2.24) is 30.2 Å². The van der Waals surface area contributed by atoms with E-state index in [1.54, 1.807) is 6.20 Å². The molecule has 8 bridgehead atoms. The maximum Gasteiger partial charge on any atom is 0.230 e. The number of benzene rings is 1. The van der Waals surface area contributed by atoms with Gasteiger partial charge >= 0.3 is 0 Å². The van der Waals surface area contributed by atoms with Gasteiger partial charge in [0.2, 0.25) is 11.9 Å². The monoisotopic (exact) mass is 477 g/mol. The number of amides is 1. The number of hydrogen-bond acceptors (Lipinski definition) is 7. The summed E-state index contributed by atoms with van der Waals surface area (Å²) in [7, 11) is 0. The molecule has 0 spiro atoms. The molecule has 2 N–H and O–H groups in total. The van der Waals surface area contributed by atoms with E-state index in [0.29, 0.717) is 35.7 Å². The Kier molecular flexibility index (Phi) is 6.97. The largest absolute Gasteiger partial charge is 0.356 e. The van der Waals surface area contributed by atoms with Crippen LogP contribution in [-0.2, 0) is 17.8 Å². The lowest BCUT2D eigenvalue weighted by atomic mass is 9.93. The first kappa shape index (κ1) is 22.7. The van der Waals surface area contributed by atoms with Crippen LogP contribution in [0.3, 0.4) is 0 Å². The molecule has 0 unspecified atom stereocenters. The topological polar surface area (TPSA) is 95.9 Å². The van der Waals surface area contributed by atoms with Gasteiger partial charge in [0, 0.05) is 47.7 Å². The smallest absolute Gasteiger partial charge is 0.230 e. The molecule has 9 heteroatoms. The van der Waals surface area contributed by atoms with E-state index in [9.17, 15) is 4.79 Å². The van der Waals surface area contributed by atoms with Crippen LogP contribution in [0.4, 0.5) is 11.6 Å². The molecule has 8 nitrogen and oxygen atoms in total. The van der Waals surface area contributed by atoms with Crippen LogP contribution in [0.5, 0.6) is 0 Å². The van der Waals surface area contributed by atoms with Crippen LogP contribution in [0.15, 0.2) is 42.9 Å². The molecule has 3 aromatic rings. The molecule has 1 saturated heterocycles. The number of carbonyl (C=O) groups excluding carboxylic acids is 1. The number of pyridine rings is 1. The molecular formula is C25H28ClN7O. The second-order valence-electron chi connectivity index (χ2n) is 9.02. The normalized spacial score (nSPS) is 21.1. The van der Waals surface area contributed by atoms with Gasteiger partial charge in [-0.15, -0.1) is 0 Å². The molecule has 0 atom stereocenters. The number of aryl methyl sites for hydroxylation is 1. The summed E-state index contributed by atoms with van der Waals surface area (Å²) in [5, 5.41) is 7.03. The van der Waals surface area contributed by atoms with Gasteiger partial charge in [0.05, 0.1) is 0 Å². The number of carbonyl (C=O) groups is 1. The van der Waals surface area contributed by atoms with E-state index in [-0.39, 0.29) is 5.91 Å². The van der Waals surface area contributed by atoms with Crippen molar-refractivity contribution < 1.29 is 4.79 Å². The highest BCUT2D eigenvalue weighted by Crippen LogP contribution is 2.26. The summed E-state index contributed by atoms with van der Waals surface area (Å²) in [5.41, 5.74) is 3.79. The van der Waals surface area contributed by atoms with Gasteiger partial charge in [-0.2, -0.15) is 4.98 Å². The summed E-state index contributed by atoms with van der Waals surface area (Å²) in [6.45, 7) is 3.42. The number of fused-ring (bicyclic) bond motifs is 7. The minimum absolute atomic E-state index is 0.148. The number of aromatic nitrogens is 4. The molecule has 5 heterocycles. The molecule has 0 aliphatic carbocycles. The molecule has 0 saturated carbocycles. The van der Waals surface area contributed by atoms with E-state index in [2.05, 4.69) is 41.5 Å². The molecular weight excluding hydrogens is 450 g/mol. The van der Waals surface area contributed by atoms with Crippen molar-refractivity contribution in [3.63, 3.8) is 0 Å². The third kappa shape index (κ3) is 5.87. The van der Waals surface area contributed by atoms with Crippen molar-refractivity contribution in [2.75, 3.05) is 25.0 Å². The molecule has 1 amide bonds. The predicted octanol–water partition coefficient (Wildman–Crippen LogP) is 4.00. The standard InChI is InChI=1S/C25H28ClN7O/c26-20-10-18-11-22(14-20)31-25-30-16-29-24(32-25)19-3-7-27-21(13-19)2-1-6-28-23(34)12-17-4-8-33(15-18)9-5-17/h3,7,10-11,13-14,16-17H,1-2,4-6,8-9,12,15H2,(H,28,34)(H,29,30,31,32).